The molecule has 7 heteroatoms. The van der Waals surface area contributed by atoms with Crippen molar-refractivity contribution >= 4 is 23.9 Å². The second-order valence-electron chi connectivity index (χ2n) is 9.42. The molecular weight excluding hydrogens is 406 g/mol. The summed E-state index contributed by atoms with van der Waals surface area (Å²) in [5.41, 5.74) is 3.06. The average Bonchev–Trinajstić information content (AvgIpc) is 2.69. The Morgan fingerprint density at radius 2 is 2.00 bits per heavy atom. The van der Waals surface area contributed by atoms with Gasteiger partial charge in [-0.2, -0.15) is 4.99 Å². The summed E-state index contributed by atoms with van der Waals surface area (Å²) in [7, 11) is 0. The standard InChI is InChI=1S/C25H31N3O4/c1-15(2)11-17(13-27-24(30)32-25(4,5)6)23(29)28-18-7-8-20-19-9-10-26-14-21(19)16(3)31-22(20)12-18/h7-10,12-17H,11H2,1-6H3,(H,28,29). The third kappa shape index (κ3) is 5.93. The van der Waals surface area contributed by atoms with Crippen molar-refractivity contribution in [3.8, 4) is 16.9 Å². The number of fused-ring (bicyclic) bond motifs is 3. The number of carbonyl (C=O) groups excluding carboxylic acids is 2. The van der Waals surface area contributed by atoms with Crippen molar-refractivity contribution in [3.05, 3.63) is 42.2 Å². The lowest BCUT2D eigenvalue weighted by Gasteiger charge is -2.26. The maximum absolute atomic E-state index is 13.0. The maximum Gasteiger partial charge on any atom is 0.433 e. The predicted molar refractivity (Wildman–Crippen MR) is 125 cm³/mol. The van der Waals surface area contributed by atoms with Crippen LogP contribution in [-0.4, -0.2) is 28.8 Å². The highest BCUT2D eigenvalue weighted by Gasteiger charge is 2.24. The molecule has 2 amide bonds. The SMILES string of the molecule is CC(C)CC(C=NC(=O)OC(C)(C)C)C(=O)Nc1ccc2c(c1)OC(C)c1cnccc1-2. The van der Waals surface area contributed by atoms with Crippen LogP contribution in [0.25, 0.3) is 11.1 Å². The maximum atomic E-state index is 13.0. The summed E-state index contributed by atoms with van der Waals surface area (Å²) < 4.78 is 11.3. The molecule has 0 saturated heterocycles. The van der Waals surface area contributed by atoms with Crippen molar-refractivity contribution in [2.24, 2.45) is 16.8 Å². The Kier molecular flexibility index (Phi) is 6.96. The first kappa shape index (κ1) is 23.4. The van der Waals surface area contributed by atoms with Gasteiger partial charge in [-0.3, -0.25) is 9.78 Å². The zero-order valence-electron chi connectivity index (χ0n) is 19.5. The second kappa shape index (κ2) is 9.51. The average molecular weight is 438 g/mol. The van der Waals surface area contributed by atoms with E-state index in [9.17, 15) is 9.59 Å². The third-order valence-corrected chi connectivity index (χ3v) is 4.95. The van der Waals surface area contributed by atoms with Crippen LogP contribution in [-0.2, 0) is 9.53 Å². The number of rotatable bonds is 5. The number of nitrogens with zero attached hydrogens (tertiary/aromatic N) is 2. The highest BCUT2D eigenvalue weighted by Crippen LogP contribution is 2.42. The highest BCUT2D eigenvalue weighted by atomic mass is 16.6. The molecule has 1 aliphatic rings. The molecule has 2 aromatic rings. The van der Waals surface area contributed by atoms with Crippen molar-refractivity contribution in [1.82, 2.24) is 4.98 Å². The van der Waals surface area contributed by atoms with Crippen LogP contribution in [0, 0.1) is 11.8 Å². The number of aromatic nitrogens is 1. The van der Waals surface area contributed by atoms with Crippen LogP contribution in [0.1, 0.15) is 59.6 Å². The van der Waals surface area contributed by atoms with Crippen LogP contribution in [0.4, 0.5) is 10.5 Å². The van der Waals surface area contributed by atoms with E-state index < -0.39 is 17.6 Å². The fraction of sp³-hybridized carbons (Fsp3) is 0.440. The molecule has 0 radical (unpaired) electrons. The fourth-order valence-corrected chi connectivity index (χ4v) is 3.57. The lowest BCUT2D eigenvalue weighted by atomic mass is 9.94. The van der Waals surface area contributed by atoms with Gasteiger partial charge >= 0.3 is 6.09 Å². The molecule has 1 aromatic heterocycles. The van der Waals surface area contributed by atoms with Crippen molar-refractivity contribution in [2.45, 2.75) is 59.7 Å². The Morgan fingerprint density at radius 3 is 2.69 bits per heavy atom. The van der Waals surface area contributed by atoms with E-state index in [1.165, 1.54) is 6.21 Å². The molecule has 2 heterocycles. The lowest BCUT2D eigenvalue weighted by molar-refractivity contribution is -0.118. The van der Waals surface area contributed by atoms with Gasteiger partial charge in [0.2, 0.25) is 5.91 Å². The van der Waals surface area contributed by atoms with Crippen molar-refractivity contribution in [3.63, 3.8) is 0 Å². The summed E-state index contributed by atoms with van der Waals surface area (Å²) in [6.45, 7) is 11.3. The van der Waals surface area contributed by atoms with E-state index >= 15 is 0 Å². The van der Waals surface area contributed by atoms with Gasteiger partial charge in [-0.1, -0.05) is 13.8 Å². The molecule has 1 aliphatic heterocycles. The Morgan fingerprint density at radius 1 is 1.25 bits per heavy atom. The molecule has 2 unspecified atom stereocenters. The molecule has 2 atom stereocenters. The molecule has 0 saturated carbocycles. The number of benzene rings is 1. The molecule has 1 aromatic carbocycles. The first-order valence-corrected chi connectivity index (χ1v) is 10.9. The highest BCUT2D eigenvalue weighted by molar-refractivity contribution is 6.03. The van der Waals surface area contributed by atoms with Crippen molar-refractivity contribution in [2.75, 3.05) is 5.32 Å². The lowest BCUT2D eigenvalue weighted by Crippen LogP contribution is -2.27. The van der Waals surface area contributed by atoms with E-state index in [0.29, 0.717) is 17.9 Å². The summed E-state index contributed by atoms with van der Waals surface area (Å²) >= 11 is 0. The number of anilines is 1. The van der Waals surface area contributed by atoms with Gasteiger partial charge in [0.25, 0.3) is 0 Å². The molecule has 3 rings (SSSR count). The topological polar surface area (TPSA) is 89.9 Å². The van der Waals surface area contributed by atoms with Crippen molar-refractivity contribution in [1.29, 1.82) is 0 Å². The number of aliphatic imine (C=N–C) groups is 1. The normalized spacial score (nSPS) is 16.2. The molecule has 7 nitrogen and oxygen atoms in total. The van der Waals surface area contributed by atoms with Gasteiger partial charge in [-0.05, 0) is 63.8 Å². The Labute approximate surface area is 189 Å². The van der Waals surface area contributed by atoms with Crippen LogP contribution >= 0.6 is 0 Å². The van der Waals surface area contributed by atoms with E-state index in [1.807, 2.05) is 51.2 Å². The molecule has 0 aliphatic carbocycles. The Bertz CT molecular complexity index is 1020. The number of amides is 2. The Balaban J connectivity index is 1.77. The van der Waals surface area contributed by atoms with E-state index in [4.69, 9.17) is 9.47 Å². The Hall–Kier alpha value is -3.22. The van der Waals surface area contributed by atoms with E-state index in [1.54, 1.807) is 27.0 Å². The van der Waals surface area contributed by atoms with Crippen molar-refractivity contribution < 1.29 is 19.1 Å². The molecule has 170 valence electrons. The first-order valence-electron chi connectivity index (χ1n) is 10.9. The summed E-state index contributed by atoms with van der Waals surface area (Å²) in [4.78, 5) is 33.0. The molecule has 0 spiro atoms. The van der Waals surface area contributed by atoms with Gasteiger partial charge in [0.15, 0.2) is 0 Å². The smallest absolute Gasteiger partial charge is 0.433 e. The molecule has 0 fully saturated rings. The van der Waals surface area contributed by atoms with Gasteiger partial charge < -0.3 is 14.8 Å². The molecule has 1 N–H and O–H groups in total. The van der Waals surface area contributed by atoms with Gasteiger partial charge in [0, 0.05) is 41.5 Å². The first-order chi connectivity index (χ1) is 15.0. The largest absolute Gasteiger partial charge is 0.485 e. The third-order valence-electron chi connectivity index (χ3n) is 4.95. The molecular formula is C25H31N3O4. The van der Waals surface area contributed by atoms with E-state index in [2.05, 4.69) is 15.3 Å². The number of hydrogen-bond donors (Lipinski definition) is 1. The summed E-state index contributed by atoms with van der Waals surface area (Å²) in [6, 6.07) is 7.57. The van der Waals surface area contributed by atoms with E-state index in [-0.39, 0.29) is 17.9 Å². The second-order valence-corrected chi connectivity index (χ2v) is 9.42. The zero-order chi connectivity index (χ0) is 23.5. The van der Waals surface area contributed by atoms with Gasteiger partial charge in [0.1, 0.15) is 17.5 Å². The quantitative estimate of drug-likeness (QED) is 0.596. The number of pyridine rings is 1. The summed E-state index contributed by atoms with van der Waals surface area (Å²) in [6.07, 6.45) is 4.67. The molecule has 32 heavy (non-hydrogen) atoms. The van der Waals surface area contributed by atoms with Gasteiger partial charge in [-0.15, -0.1) is 0 Å². The molecule has 0 bridgehead atoms. The van der Waals surface area contributed by atoms with Crippen LogP contribution in [0.15, 0.2) is 41.7 Å². The fourth-order valence-electron chi connectivity index (χ4n) is 3.57. The van der Waals surface area contributed by atoms with Gasteiger partial charge in [-0.25, -0.2) is 4.79 Å². The van der Waals surface area contributed by atoms with Gasteiger partial charge in [0.05, 0.1) is 5.92 Å². The minimum absolute atomic E-state index is 0.133. The number of ether oxygens (including phenoxy) is 2. The van der Waals surface area contributed by atoms with Crippen LogP contribution in [0.5, 0.6) is 5.75 Å². The zero-order valence-corrected chi connectivity index (χ0v) is 19.5. The minimum atomic E-state index is -0.705. The monoisotopic (exact) mass is 437 g/mol. The minimum Gasteiger partial charge on any atom is -0.485 e. The van der Waals surface area contributed by atoms with Crippen LogP contribution < -0.4 is 10.1 Å². The van der Waals surface area contributed by atoms with Crippen LogP contribution in [0.3, 0.4) is 0 Å². The van der Waals surface area contributed by atoms with Crippen LogP contribution in [0.2, 0.25) is 0 Å². The summed E-state index contributed by atoms with van der Waals surface area (Å²) in [5.74, 6) is 0.148. The number of hydrogen-bond acceptors (Lipinski definition) is 5. The predicted octanol–water partition coefficient (Wildman–Crippen LogP) is 5.81. The number of nitrogens with one attached hydrogen (secondary N) is 1. The van der Waals surface area contributed by atoms with E-state index in [0.717, 1.165) is 16.7 Å². The summed E-state index contributed by atoms with van der Waals surface area (Å²) in [5, 5.41) is 2.93. The number of carbonyl (C=O) groups is 2.